The summed E-state index contributed by atoms with van der Waals surface area (Å²) in [5.41, 5.74) is 5.67. The number of nitrogens with two attached hydrogens (primary N) is 1. The third-order valence-corrected chi connectivity index (χ3v) is 2.21. The third-order valence-electron chi connectivity index (χ3n) is 1.64. The van der Waals surface area contributed by atoms with Gasteiger partial charge in [-0.25, -0.2) is 0 Å². The van der Waals surface area contributed by atoms with Crippen LogP contribution in [0.25, 0.3) is 0 Å². The van der Waals surface area contributed by atoms with Crippen LogP contribution in [0, 0.1) is 0 Å². The van der Waals surface area contributed by atoms with Gasteiger partial charge in [-0.3, -0.25) is 9.59 Å². The van der Waals surface area contributed by atoms with Crippen molar-refractivity contribution in [1.29, 1.82) is 0 Å². The molecule has 0 bridgehead atoms. The number of primary amides is 1. The minimum atomic E-state index is -0.651. The number of nitrogens with one attached hydrogen (secondary N) is 1. The predicted octanol–water partition coefficient (Wildman–Crippen LogP) is 1.62. The van der Waals surface area contributed by atoms with E-state index in [1.54, 1.807) is 6.07 Å². The summed E-state index contributed by atoms with van der Waals surface area (Å²) in [6, 6.07) is 4.43. The van der Waals surface area contributed by atoms with Crippen LogP contribution in [0.3, 0.4) is 0 Å². The molecule has 0 spiro atoms. The fourth-order valence-corrected chi connectivity index (χ4v) is 1.26. The second kappa shape index (κ2) is 5.00. The van der Waals surface area contributed by atoms with Crippen molar-refractivity contribution in [1.82, 2.24) is 0 Å². The summed E-state index contributed by atoms with van der Waals surface area (Å²) in [6.45, 7) is 0. The van der Waals surface area contributed by atoms with E-state index >= 15 is 0 Å². The van der Waals surface area contributed by atoms with Crippen LogP contribution in [-0.4, -0.2) is 17.7 Å². The van der Waals surface area contributed by atoms with Crippen LogP contribution in [0.1, 0.15) is 10.4 Å². The number of rotatable bonds is 3. The highest BCUT2D eigenvalue weighted by Crippen LogP contribution is 2.20. The molecule has 15 heavy (non-hydrogen) atoms. The molecule has 2 amide bonds. The lowest BCUT2D eigenvalue weighted by atomic mass is 10.2. The fraction of sp³-hybridized carbons (Fsp3) is 0.111. The lowest BCUT2D eigenvalue weighted by Gasteiger charge is -2.05. The maximum Gasteiger partial charge on any atom is 0.250 e. The second-order valence-corrected chi connectivity index (χ2v) is 3.42. The second-order valence-electron chi connectivity index (χ2n) is 2.74. The van der Waals surface area contributed by atoms with E-state index in [9.17, 15) is 9.59 Å². The molecule has 0 aliphatic heterocycles. The van der Waals surface area contributed by atoms with E-state index in [1.165, 1.54) is 12.1 Å². The molecule has 80 valence electrons. The minimum absolute atomic E-state index is 0.157. The van der Waals surface area contributed by atoms with Gasteiger partial charge in [-0.05, 0) is 18.2 Å². The van der Waals surface area contributed by atoms with Gasteiger partial charge >= 0.3 is 0 Å². The van der Waals surface area contributed by atoms with Crippen molar-refractivity contribution in [2.75, 3.05) is 11.2 Å². The first-order valence-corrected chi connectivity index (χ1v) is 4.91. The van der Waals surface area contributed by atoms with E-state index in [-0.39, 0.29) is 22.4 Å². The number of alkyl halides is 1. The van der Waals surface area contributed by atoms with Crippen molar-refractivity contribution in [3.8, 4) is 0 Å². The zero-order valence-corrected chi connectivity index (χ0v) is 9.10. The maximum absolute atomic E-state index is 11.0. The van der Waals surface area contributed by atoms with E-state index in [0.717, 1.165) is 0 Å². The van der Waals surface area contributed by atoms with E-state index < -0.39 is 5.91 Å². The van der Waals surface area contributed by atoms with Crippen molar-refractivity contribution in [2.24, 2.45) is 5.73 Å². The molecule has 0 aliphatic rings. The topological polar surface area (TPSA) is 72.2 Å². The summed E-state index contributed by atoms with van der Waals surface area (Å²) in [7, 11) is 0. The molecule has 4 nitrogen and oxygen atoms in total. The van der Waals surface area contributed by atoms with E-state index in [4.69, 9.17) is 28.9 Å². The van der Waals surface area contributed by atoms with Crippen molar-refractivity contribution in [3.05, 3.63) is 28.8 Å². The SMILES string of the molecule is NC(=O)c1cc(NC(=O)CCl)ccc1Cl. The molecule has 0 saturated carbocycles. The van der Waals surface area contributed by atoms with Crippen LogP contribution in [0.5, 0.6) is 0 Å². The van der Waals surface area contributed by atoms with Gasteiger partial charge in [0.05, 0.1) is 10.6 Å². The molecule has 1 aromatic rings. The summed E-state index contributed by atoms with van der Waals surface area (Å²) in [5.74, 6) is -1.18. The molecule has 3 N–H and O–H groups in total. The van der Waals surface area contributed by atoms with Crippen molar-refractivity contribution in [3.63, 3.8) is 0 Å². The van der Waals surface area contributed by atoms with E-state index in [2.05, 4.69) is 5.32 Å². The zero-order chi connectivity index (χ0) is 11.4. The molecule has 0 saturated heterocycles. The molecule has 6 heteroatoms. The van der Waals surface area contributed by atoms with Crippen LogP contribution in [0.15, 0.2) is 18.2 Å². The average molecular weight is 247 g/mol. The highest BCUT2D eigenvalue weighted by Gasteiger charge is 2.08. The van der Waals surface area contributed by atoms with E-state index in [0.29, 0.717) is 5.69 Å². The highest BCUT2D eigenvalue weighted by atomic mass is 35.5. The summed E-state index contributed by atoms with van der Waals surface area (Å²) in [5, 5.41) is 2.72. The van der Waals surface area contributed by atoms with Gasteiger partial charge in [0.25, 0.3) is 0 Å². The average Bonchev–Trinajstić information content (AvgIpc) is 2.20. The largest absolute Gasteiger partial charge is 0.366 e. The van der Waals surface area contributed by atoms with Gasteiger partial charge < -0.3 is 11.1 Å². The van der Waals surface area contributed by atoms with Gasteiger partial charge in [0.15, 0.2) is 0 Å². The van der Waals surface area contributed by atoms with Crippen molar-refractivity contribution >= 4 is 40.7 Å². The number of carbonyl (C=O) groups is 2. The zero-order valence-electron chi connectivity index (χ0n) is 7.59. The summed E-state index contributed by atoms with van der Waals surface area (Å²) < 4.78 is 0. The van der Waals surface area contributed by atoms with Gasteiger partial charge in [-0.15, -0.1) is 11.6 Å². The van der Waals surface area contributed by atoms with Gasteiger partial charge in [0.1, 0.15) is 5.88 Å². The molecule has 0 aromatic heterocycles. The van der Waals surface area contributed by atoms with Gasteiger partial charge in [0, 0.05) is 5.69 Å². The number of anilines is 1. The Morgan fingerprint density at radius 2 is 2.07 bits per heavy atom. The standard InChI is InChI=1S/C9H8Cl2N2O2/c10-4-8(14)13-5-1-2-7(11)6(3-5)9(12)15/h1-3H,4H2,(H2,12,15)(H,13,14). The number of benzene rings is 1. The first kappa shape index (κ1) is 11.8. The Morgan fingerprint density at radius 1 is 1.40 bits per heavy atom. The predicted molar refractivity (Wildman–Crippen MR) is 59.3 cm³/mol. The lowest BCUT2D eigenvalue weighted by Crippen LogP contribution is -2.15. The maximum atomic E-state index is 11.0. The van der Waals surface area contributed by atoms with Gasteiger partial charge in [-0.2, -0.15) is 0 Å². The first-order valence-electron chi connectivity index (χ1n) is 3.99. The first-order chi connectivity index (χ1) is 7.04. The molecule has 0 unspecified atom stereocenters. The number of carbonyl (C=O) groups excluding carboxylic acids is 2. The highest BCUT2D eigenvalue weighted by molar-refractivity contribution is 6.34. The quantitative estimate of drug-likeness (QED) is 0.796. The summed E-state index contributed by atoms with van der Waals surface area (Å²) >= 11 is 11.0. The number of halogens is 2. The monoisotopic (exact) mass is 246 g/mol. The molecule has 0 fully saturated rings. The molecule has 0 radical (unpaired) electrons. The Balaban J connectivity index is 2.97. The van der Waals surface area contributed by atoms with Gasteiger partial charge in [0.2, 0.25) is 11.8 Å². The molecule has 0 aliphatic carbocycles. The molecule has 1 rings (SSSR count). The Labute approximate surface area is 96.3 Å². The van der Waals surface area contributed by atoms with Crippen LogP contribution in [0.4, 0.5) is 5.69 Å². The number of amides is 2. The van der Waals surface area contributed by atoms with Crippen molar-refractivity contribution < 1.29 is 9.59 Å². The van der Waals surface area contributed by atoms with Crippen molar-refractivity contribution in [2.45, 2.75) is 0 Å². The smallest absolute Gasteiger partial charge is 0.250 e. The van der Waals surface area contributed by atoms with Crippen LogP contribution in [0.2, 0.25) is 5.02 Å². The van der Waals surface area contributed by atoms with Crippen LogP contribution < -0.4 is 11.1 Å². The molecule has 0 heterocycles. The summed E-state index contributed by atoms with van der Waals surface area (Å²) in [4.78, 5) is 21.9. The normalized spacial score (nSPS) is 9.73. The summed E-state index contributed by atoms with van der Waals surface area (Å²) in [6.07, 6.45) is 0. The fourth-order valence-electron chi connectivity index (χ4n) is 0.986. The number of hydrogen-bond acceptors (Lipinski definition) is 2. The Kier molecular flexibility index (Phi) is 3.94. The third kappa shape index (κ3) is 3.11. The van der Waals surface area contributed by atoms with Crippen LogP contribution in [-0.2, 0) is 4.79 Å². The molecular formula is C9H8Cl2N2O2. The molecule has 1 aromatic carbocycles. The molecule has 0 atom stereocenters. The molecular weight excluding hydrogens is 239 g/mol. The Hall–Kier alpha value is -1.26. The Morgan fingerprint density at radius 3 is 2.60 bits per heavy atom. The number of hydrogen-bond donors (Lipinski definition) is 2. The van der Waals surface area contributed by atoms with Crippen LogP contribution >= 0.6 is 23.2 Å². The minimum Gasteiger partial charge on any atom is -0.366 e. The Bertz CT molecular complexity index is 407. The van der Waals surface area contributed by atoms with E-state index in [1.807, 2.05) is 0 Å². The van der Waals surface area contributed by atoms with Gasteiger partial charge in [-0.1, -0.05) is 11.6 Å². The lowest BCUT2D eigenvalue weighted by molar-refractivity contribution is -0.113.